The van der Waals surface area contributed by atoms with Gasteiger partial charge in [0.05, 0.1) is 11.1 Å². The molecular weight excluding hydrogens is 604 g/mol. The molecule has 0 aromatic heterocycles. The Balaban J connectivity index is 0.000000211. The van der Waals surface area contributed by atoms with Crippen LogP contribution < -0.4 is 9.80 Å². The molecular formula is C24H20Cl4F6N2O2. The minimum Gasteiger partial charge on any atom is -0.311 e. The molecule has 4 rings (SSSR count). The minimum atomic E-state index is -4.44. The second-order valence-electron chi connectivity index (χ2n) is 8.63. The number of hydrogen-bond acceptors (Lipinski definition) is 2. The molecule has 0 radical (unpaired) electrons. The molecule has 4 nitrogen and oxygen atoms in total. The van der Waals surface area contributed by atoms with E-state index in [0.29, 0.717) is 0 Å². The average molecular weight is 624 g/mol. The molecule has 0 bridgehead atoms. The summed E-state index contributed by atoms with van der Waals surface area (Å²) in [6.07, 6.45) is -8.88. The zero-order chi connectivity index (χ0) is 28.4. The van der Waals surface area contributed by atoms with Crippen molar-refractivity contribution >= 4 is 69.6 Å². The van der Waals surface area contributed by atoms with E-state index in [4.69, 9.17) is 46.4 Å². The van der Waals surface area contributed by atoms with Gasteiger partial charge >= 0.3 is 12.4 Å². The van der Waals surface area contributed by atoms with Crippen molar-refractivity contribution in [2.75, 3.05) is 34.6 Å². The molecule has 38 heavy (non-hydrogen) atoms. The van der Waals surface area contributed by atoms with E-state index >= 15 is 0 Å². The highest BCUT2D eigenvalue weighted by molar-refractivity contribution is 6.35. The van der Waals surface area contributed by atoms with E-state index in [0.717, 1.165) is 24.3 Å². The molecule has 2 aromatic carbocycles. The van der Waals surface area contributed by atoms with Crippen LogP contribution in [0.3, 0.4) is 0 Å². The predicted octanol–water partition coefficient (Wildman–Crippen LogP) is 7.03. The van der Waals surface area contributed by atoms with Crippen LogP contribution in [0.2, 0.25) is 0 Å². The van der Waals surface area contributed by atoms with Crippen LogP contribution in [0.5, 0.6) is 0 Å². The maximum absolute atomic E-state index is 12.6. The highest BCUT2D eigenvalue weighted by Gasteiger charge is 2.41. The molecule has 2 aromatic rings. The molecule has 14 heteroatoms. The van der Waals surface area contributed by atoms with Crippen molar-refractivity contribution in [1.29, 1.82) is 0 Å². The van der Waals surface area contributed by atoms with Crippen LogP contribution in [0.15, 0.2) is 48.5 Å². The first-order valence-electron chi connectivity index (χ1n) is 11.1. The third-order valence-electron chi connectivity index (χ3n) is 6.03. The van der Waals surface area contributed by atoms with Gasteiger partial charge in [-0.1, -0.05) is 12.1 Å². The molecule has 2 aliphatic rings. The maximum atomic E-state index is 12.6. The largest absolute Gasteiger partial charge is 0.416 e. The van der Waals surface area contributed by atoms with Crippen LogP contribution in [-0.2, 0) is 21.9 Å². The van der Waals surface area contributed by atoms with Crippen LogP contribution in [0.4, 0.5) is 37.7 Å². The highest BCUT2D eigenvalue weighted by Crippen LogP contribution is 2.36. The Morgan fingerprint density at radius 2 is 1.03 bits per heavy atom. The lowest BCUT2D eigenvalue weighted by molar-refractivity contribution is -0.138. The summed E-state index contributed by atoms with van der Waals surface area (Å²) in [5.41, 5.74) is -1.20. The van der Waals surface area contributed by atoms with Crippen molar-refractivity contribution in [3.63, 3.8) is 0 Å². The quantitative estimate of drug-likeness (QED) is 0.271. The van der Waals surface area contributed by atoms with Crippen molar-refractivity contribution < 1.29 is 35.9 Å². The number of alkyl halides is 10. The second kappa shape index (κ2) is 12.1. The summed E-state index contributed by atoms with van der Waals surface area (Å²) in [4.78, 5) is 26.3. The Morgan fingerprint density at radius 1 is 0.684 bits per heavy atom. The fourth-order valence-corrected chi connectivity index (χ4v) is 5.26. The lowest BCUT2D eigenvalue weighted by Gasteiger charge is -2.18. The zero-order valence-electron chi connectivity index (χ0n) is 19.2. The van der Waals surface area contributed by atoms with E-state index in [-0.39, 0.29) is 48.1 Å². The van der Waals surface area contributed by atoms with Crippen molar-refractivity contribution in [2.45, 2.75) is 23.1 Å². The van der Waals surface area contributed by atoms with Crippen LogP contribution in [0.1, 0.15) is 11.1 Å². The standard InChI is InChI=1S/2C12H10Cl2F3NO/c2*13-5-7-6-18(11(19)10(7)14)9-3-1-2-8(4-9)12(15,16)17/h2*1-4,7,10H,5-6H2. The van der Waals surface area contributed by atoms with E-state index in [1.165, 1.54) is 34.1 Å². The van der Waals surface area contributed by atoms with Gasteiger partial charge < -0.3 is 9.80 Å². The molecule has 0 saturated carbocycles. The van der Waals surface area contributed by atoms with Crippen LogP contribution in [0, 0.1) is 11.8 Å². The topological polar surface area (TPSA) is 40.6 Å². The molecule has 0 N–H and O–H groups in total. The van der Waals surface area contributed by atoms with Gasteiger partial charge in [-0.05, 0) is 36.4 Å². The summed E-state index contributed by atoms with van der Waals surface area (Å²) in [5, 5.41) is -1.57. The van der Waals surface area contributed by atoms with Gasteiger partial charge in [-0.2, -0.15) is 26.3 Å². The lowest BCUT2D eigenvalue weighted by Crippen LogP contribution is -2.27. The predicted molar refractivity (Wildman–Crippen MR) is 135 cm³/mol. The number of halogens is 10. The molecule has 2 fully saturated rings. The third-order valence-corrected chi connectivity index (χ3v) is 7.91. The normalized spacial score (nSPS) is 24.1. The summed E-state index contributed by atoms with van der Waals surface area (Å²) < 4.78 is 75.7. The summed E-state index contributed by atoms with van der Waals surface area (Å²) >= 11 is 23.2. The maximum Gasteiger partial charge on any atom is 0.416 e. The van der Waals surface area contributed by atoms with Crippen LogP contribution in [0.25, 0.3) is 0 Å². The van der Waals surface area contributed by atoms with E-state index in [9.17, 15) is 35.9 Å². The molecule has 0 aliphatic carbocycles. The van der Waals surface area contributed by atoms with Gasteiger partial charge in [0.25, 0.3) is 0 Å². The summed E-state index contributed by atoms with van der Waals surface area (Å²) in [5.74, 6) is -0.959. The van der Waals surface area contributed by atoms with Gasteiger partial charge in [0.1, 0.15) is 10.8 Å². The molecule has 0 spiro atoms. The van der Waals surface area contributed by atoms with Gasteiger partial charge in [-0.15, -0.1) is 46.4 Å². The van der Waals surface area contributed by atoms with Gasteiger partial charge in [0.2, 0.25) is 11.8 Å². The molecule has 2 aliphatic heterocycles. The number of hydrogen-bond donors (Lipinski definition) is 0. The number of amides is 2. The van der Waals surface area contributed by atoms with Crippen molar-refractivity contribution in [1.82, 2.24) is 0 Å². The summed E-state index contributed by atoms with van der Waals surface area (Å²) in [6, 6.07) is 9.24. The summed E-state index contributed by atoms with van der Waals surface area (Å²) in [6.45, 7) is 0.468. The van der Waals surface area contributed by atoms with Crippen molar-refractivity contribution in [3.8, 4) is 0 Å². The van der Waals surface area contributed by atoms with Gasteiger partial charge in [-0.25, -0.2) is 0 Å². The Hall–Kier alpha value is -1.88. The van der Waals surface area contributed by atoms with Gasteiger partial charge in [0.15, 0.2) is 0 Å². The van der Waals surface area contributed by atoms with Crippen molar-refractivity contribution in [2.24, 2.45) is 11.8 Å². The molecule has 208 valence electrons. The number of anilines is 2. The molecule has 2 heterocycles. The number of carbonyl (C=O) groups is 2. The number of nitrogens with zero attached hydrogens (tertiary/aromatic N) is 2. The van der Waals surface area contributed by atoms with E-state index in [1.807, 2.05) is 0 Å². The first kappa shape index (κ1) is 30.7. The minimum absolute atomic E-state index is 0.190. The molecule has 4 atom stereocenters. The second-order valence-corrected chi connectivity index (χ2v) is 10.2. The fourth-order valence-electron chi connectivity index (χ4n) is 3.95. The van der Waals surface area contributed by atoms with Gasteiger partial charge in [-0.3, -0.25) is 9.59 Å². The monoisotopic (exact) mass is 622 g/mol. The first-order valence-corrected chi connectivity index (χ1v) is 13.0. The average Bonchev–Trinajstić information content (AvgIpc) is 3.33. The molecule has 2 amide bonds. The Morgan fingerprint density at radius 3 is 1.29 bits per heavy atom. The SMILES string of the molecule is O=C1C(Cl)C(CCl)CN1c1cccc(C(F)(F)F)c1.O=C1C(Cl)C(CCl)CN1c1cccc(C(F)(F)F)c1. The first-order chi connectivity index (χ1) is 17.7. The van der Waals surface area contributed by atoms with Crippen molar-refractivity contribution in [3.05, 3.63) is 59.7 Å². The fraction of sp³-hybridized carbons (Fsp3) is 0.417. The van der Waals surface area contributed by atoms with E-state index < -0.39 is 46.0 Å². The molecule has 2 saturated heterocycles. The summed E-state index contributed by atoms with van der Waals surface area (Å²) in [7, 11) is 0. The lowest BCUT2D eigenvalue weighted by atomic mass is 10.1. The Bertz CT molecular complexity index is 1070. The Labute approximate surface area is 234 Å². The van der Waals surface area contributed by atoms with Crippen LogP contribution >= 0.6 is 46.4 Å². The van der Waals surface area contributed by atoms with E-state index in [1.54, 1.807) is 0 Å². The molecule has 4 unspecified atom stereocenters. The number of benzene rings is 2. The third kappa shape index (κ3) is 6.81. The van der Waals surface area contributed by atoms with Gasteiger partial charge in [0, 0.05) is 48.1 Å². The Kier molecular flexibility index (Phi) is 9.77. The number of rotatable bonds is 4. The van der Waals surface area contributed by atoms with E-state index in [2.05, 4.69) is 0 Å². The zero-order valence-corrected chi connectivity index (χ0v) is 22.3. The van der Waals surface area contributed by atoms with Crippen LogP contribution in [-0.4, -0.2) is 47.4 Å². The smallest absolute Gasteiger partial charge is 0.311 e. The number of carbonyl (C=O) groups excluding carboxylic acids is 2. The highest BCUT2D eigenvalue weighted by atomic mass is 35.5.